The number of rotatable bonds is 7. The second-order valence-corrected chi connectivity index (χ2v) is 5.04. The Morgan fingerprint density at radius 2 is 2.06 bits per heavy atom. The average Bonchev–Trinajstić information content (AvgIpc) is 2.11. The van der Waals surface area contributed by atoms with E-state index >= 15 is 0 Å². The monoisotopic (exact) mass is 232 g/mol. The molecule has 1 saturated carbocycles. The number of hydrogen-bond donors (Lipinski definition) is 0. The van der Waals surface area contributed by atoms with Gasteiger partial charge in [0.05, 0.1) is 6.61 Å². The highest BCUT2D eigenvalue weighted by molar-refractivity contribution is 4.93. The SMILES string of the molecule is COCC1(CCCC=CC(C)(F)F)CCC1. The largest absolute Gasteiger partial charge is 0.384 e. The average molecular weight is 232 g/mol. The van der Waals surface area contributed by atoms with E-state index in [4.69, 9.17) is 4.74 Å². The summed E-state index contributed by atoms with van der Waals surface area (Å²) < 4.78 is 30.2. The number of ether oxygens (including phenoxy) is 1. The van der Waals surface area contributed by atoms with E-state index in [1.54, 1.807) is 13.2 Å². The van der Waals surface area contributed by atoms with Gasteiger partial charge in [-0.25, -0.2) is 8.78 Å². The van der Waals surface area contributed by atoms with Crippen LogP contribution in [0, 0.1) is 5.41 Å². The van der Waals surface area contributed by atoms with Crippen LogP contribution in [-0.2, 0) is 4.74 Å². The van der Waals surface area contributed by atoms with Crippen molar-refractivity contribution in [2.24, 2.45) is 5.41 Å². The fraction of sp³-hybridized carbons (Fsp3) is 0.846. The predicted molar refractivity (Wildman–Crippen MR) is 61.8 cm³/mol. The molecule has 0 atom stereocenters. The van der Waals surface area contributed by atoms with Crippen LogP contribution in [-0.4, -0.2) is 19.6 Å². The Hall–Kier alpha value is -0.440. The molecular formula is C13H22F2O. The minimum atomic E-state index is -2.67. The van der Waals surface area contributed by atoms with E-state index in [1.807, 2.05) is 0 Å². The van der Waals surface area contributed by atoms with Crippen LogP contribution in [0.5, 0.6) is 0 Å². The van der Waals surface area contributed by atoms with Crippen molar-refractivity contribution in [3.63, 3.8) is 0 Å². The Morgan fingerprint density at radius 3 is 2.50 bits per heavy atom. The molecule has 16 heavy (non-hydrogen) atoms. The minimum absolute atomic E-state index is 0.358. The molecule has 1 aliphatic carbocycles. The summed E-state index contributed by atoms with van der Waals surface area (Å²) in [6.45, 7) is 1.74. The van der Waals surface area contributed by atoms with Gasteiger partial charge in [0, 0.05) is 14.0 Å². The van der Waals surface area contributed by atoms with E-state index in [1.165, 1.54) is 19.3 Å². The van der Waals surface area contributed by atoms with Crippen LogP contribution >= 0.6 is 0 Å². The third kappa shape index (κ3) is 4.60. The molecule has 94 valence electrons. The summed E-state index contributed by atoms with van der Waals surface area (Å²) in [5, 5.41) is 0. The van der Waals surface area contributed by atoms with Gasteiger partial charge in [0.1, 0.15) is 0 Å². The van der Waals surface area contributed by atoms with Crippen LogP contribution in [0.15, 0.2) is 12.2 Å². The van der Waals surface area contributed by atoms with E-state index in [2.05, 4.69) is 0 Å². The van der Waals surface area contributed by atoms with Gasteiger partial charge >= 0.3 is 0 Å². The number of halogens is 2. The summed E-state index contributed by atoms with van der Waals surface area (Å²) in [6.07, 6.45) is 9.16. The Balaban J connectivity index is 2.17. The lowest BCUT2D eigenvalue weighted by Crippen LogP contribution is -2.33. The van der Waals surface area contributed by atoms with Crippen LogP contribution in [0.2, 0.25) is 0 Å². The number of allylic oxidation sites excluding steroid dienone is 2. The van der Waals surface area contributed by atoms with Gasteiger partial charge in [-0.05, 0) is 43.6 Å². The second-order valence-electron chi connectivity index (χ2n) is 5.04. The van der Waals surface area contributed by atoms with Gasteiger partial charge in [-0.3, -0.25) is 0 Å². The molecule has 0 radical (unpaired) electrons. The molecule has 0 spiro atoms. The van der Waals surface area contributed by atoms with Crippen molar-refractivity contribution in [3.8, 4) is 0 Å². The normalized spacial score (nSPS) is 20.0. The molecule has 1 rings (SSSR count). The maximum absolute atomic E-state index is 12.5. The fourth-order valence-corrected chi connectivity index (χ4v) is 2.33. The van der Waals surface area contributed by atoms with Gasteiger partial charge in [-0.2, -0.15) is 0 Å². The fourth-order valence-electron chi connectivity index (χ4n) is 2.33. The number of alkyl halides is 2. The van der Waals surface area contributed by atoms with Crippen molar-refractivity contribution >= 4 is 0 Å². The summed E-state index contributed by atoms with van der Waals surface area (Å²) in [5.41, 5.74) is 0.358. The van der Waals surface area contributed by atoms with E-state index < -0.39 is 5.92 Å². The molecule has 1 nitrogen and oxygen atoms in total. The van der Waals surface area contributed by atoms with Crippen LogP contribution in [0.25, 0.3) is 0 Å². The molecule has 0 heterocycles. The molecule has 3 heteroatoms. The van der Waals surface area contributed by atoms with Gasteiger partial charge in [-0.1, -0.05) is 12.5 Å². The third-order valence-corrected chi connectivity index (χ3v) is 3.35. The molecule has 1 aliphatic rings. The molecule has 0 N–H and O–H groups in total. The lowest BCUT2D eigenvalue weighted by Gasteiger charge is -2.41. The quantitative estimate of drug-likeness (QED) is 0.472. The Labute approximate surface area is 96.9 Å². The van der Waals surface area contributed by atoms with E-state index in [-0.39, 0.29) is 0 Å². The third-order valence-electron chi connectivity index (χ3n) is 3.35. The Bertz CT molecular complexity index is 227. The number of unbranched alkanes of at least 4 members (excludes halogenated alkanes) is 1. The Morgan fingerprint density at radius 1 is 1.38 bits per heavy atom. The zero-order valence-corrected chi connectivity index (χ0v) is 10.3. The summed E-state index contributed by atoms with van der Waals surface area (Å²) in [4.78, 5) is 0. The van der Waals surface area contributed by atoms with Crippen molar-refractivity contribution in [1.29, 1.82) is 0 Å². The van der Waals surface area contributed by atoms with Gasteiger partial charge < -0.3 is 4.74 Å². The first-order chi connectivity index (χ1) is 7.47. The molecule has 1 fully saturated rings. The summed E-state index contributed by atoms with van der Waals surface area (Å²) in [6, 6.07) is 0. The highest BCUT2D eigenvalue weighted by Crippen LogP contribution is 2.45. The smallest absolute Gasteiger partial charge is 0.263 e. The molecule has 0 saturated heterocycles. The molecule has 0 amide bonds. The van der Waals surface area contributed by atoms with E-state index in [0.29, 0.717) is 5.41 Å². The van der Waals surface area contributed by atoms with Crippen molar-refractivity contribution in [3.05, 3.63) is 12.2 Å². The molecule has 0 aromatic heterocycles. The first-order valence-electron chi connectivity index (χ1n) is 6.02. The summed E-state index contributed by atoms with van der Waals surface area (Å²) in [5.74, 6) is -2.67. The number of methoxy groups -OCH3 is 1. The number of hydrogen-bond acceptors (Lipinski definition) is 1. The first kappa shape index (κ1) is 13.6. The summed E-state index contributed by atoms with van der Waals surface area (Å²) >= 11 is 0. The standard InChI is InChI=1S/C13H22F2O/c1-12(14,15)7-4-3-5-8-13(11-16-2)9-6-10-13/h4,7H,3,5-6,8-11H2,1-2H3. The lowest BCUT2D eigenvalue weighted by molar-refractivity contribution is 0.00907. The highest BCUT2D eigenvalue weighted by Gasteiger charge is 2.35. The predicted octanol–water partition coefficient (Wildman–Crippen LogP) is 4.18. The molecule has 0 bridgehead atoms. The Kier molecular flexibility index (Phi) is 4.90. The van der Waals surface area contributed by atoms with Gasteiger partial charge in [0.15, 0.2) is 0 Å². The lowest BCUT2D eigenvalue weighted by atomic mass is 9.66. The maximum Gasteiger partial charge on any atom is 0.263 e. The minimum Gasteiger partial charge on any atom is -0.384 e. The van der Waals surface area contributed by atoms with Gasteiger partial charge in [-0.15, -0.1) is 0 Å². The molecule has 0 unspecified atom stereocenters. The van der Waals surface area contributed by atoms with Gasteiger partial charge in [0.25, 0.3) is 5.92 Å². The van der Waals surface area contributed by atoms with Crippen molar-refractivity contribution in [2.75, 3.05) is 13.7 Å². The zero-order valence-electron chi connectivity index (χ0n) is 10.3. The van der Waals surface area contributed by atoms with Crippen molar-refractivity contribution in [1.82, 2.24) is 0 Å². The highest BCUT2D eigenvalue weighted by atomic mass is 19.3. The van der Waals surface area contributed by atoms with E-state index in [0.717, 1.165) is 38.9 Å². The topological polar surface area (TPSA) is 9.23 Å². The zero-order chi connectivity index (χ0) is 12.1. The maximum atomic E-state index is 12.5. The first-order valence-corrected chi connectivity index (χ1v) is 6.02. The van der Waals surface area contributed by atoms with Crippen LogP contribution < -0.4 is 0 Å². The second kappa shape index (κ2) is 5.76. The van der Waals surface area contributed by atoms with Crippen LogP contribution in [0.3, 0.4) is 0 Å². The van der Waals surface area contributed by atoms with Crippen LogP contribution in [0.1, 0.15) is 45.4 Å². The van der Waals surface area contributed by atoms with E-state index in [9.17, 15) is 8.78 Å². The van der Waals surface area contributed by atoms with Crippen molar-refractivity contribution in [2.45, 2.75) is 51.4 Å². The van der Waals surface area contributed by atoms with Crippen LogP contribution in [0.4, 0.5) is 8.78 Å². The molecule has 0 aromatic carbocycles. The van der Waals surface area contributed by atoms with Crippen molar-refractivity contribution < 1.29 is 13.5 Å². The molecular weight excluding hydrogens is 210 g/mol. The molecule has 0 aliphatic heterocycles. The summed E-state index contributed by atoms with van der Waals surface area (Å²) in [7, 11) is 1.73. The molecule has 0 aromatic rings. The van der Waals surface area contributed by atoms with Gasteiger partial charge in [0.2, 0.25) is 0 Å².